The maximum absolute atomic E-state index is 13.9. The molecule has 0 saturated heterocycles. The van der Waals surface area contributed by atoms with Crippen molar-refractivity contribution in [2.45, 2.75) is 13.1 Å². The van der Waals surface area contributed by atoms with Gasteiger partial charge < -0.3 is 10.1 Å². The van der Waals surface area contributed by atoms with E-state index in [9.17, 15) is 4.39 Å². The van der Waals surface area contributed by atoms with E-state index in [0.29, 0.717) is 29.1 Å². The van der Waals surface area contributed by atoms with E-state index in [-0.39, 0.29) is 12.4 Å². The van der Waals surface area contributed by atoms with Crippen LogP contribution in [0.5, 0.6) is 5.75 Å². The molecule has 0 amide bonds. The average molecular weight is 364 g/mol. The summed E-state index contributed by atoms with van der Waals surface area (Å²) in [6.45, 7) is 0.752. The van der Waals surface area contributed by atoms with Gasteiger partial charge in [-0.2, -0.15) is 0 Å². The Kier molecular flexibility index (Phi) is 4.61. The number of anilines is 1. The van der Waals surface area contributed by atoms with E-state index in [4.69, 9.17) is 4.74 Å². The van der Waals surface area contributed by atoms with Crippen LogP contribution in [0.3, 0.4) is 0 Å². The van der Waals surface area contributed by atoms with Crippen LogP contribution in [0, 0.1) is 5.82 Å². The lowest BCUT2D eigenvalue weighted by Crippen LogP contribution is -2.06. The zero-order chi connectivity index (χ0) is 18.6. The predicted molar refractivity (Wildman–Crippen MR) is 98.9 cm³/mol. The summed E-state index contributed by atoms with van der Waals surface area (Å²) in [5.74, 6) is 1.06. The van der Waals surface area contributed by atoms with Crippen LogP contribution in [0.4, 0.5) is 10.2 Å². The van der Waals surface area contributed by atoms with E-state index in [1.807, 2.05) is 24.3 Å². The van der Waals surface area contributed by atoms with Gasteiger partial charge in [0.1, 0.15) is 17.9 Å². The van der Waals surface area contributed by atoms with Gasteiger partial charge >= 0.3 is 0 Å². The number of benzene rings is 2. The fourth-order valence-corrected chi connectivity index (χ4v) is 2.84. The first kappa shape index (κ1) is 16.9. The van der Waals surface area contributed by atoms with Crippen LogP contribution in [0.1, 0.15) is 11.1 Å². The number of hydrogen-bond acceptors (Lipinski definition) is 6. The molecule has 1 N–H and O–H groups in total. The number of nitrogens with zero attached hydrogens (tertiary/aromatic N) is 5. The largest absolute Gasteiger partial charge is 0.496 e. The number of para-hydroxylation sites is 1. The minimum Gasteiger partial charge on any atom is -0.496 e. The van der Waals surface area contributed by atoms with Crippen molar-refractivity contribution in [2.75, 3.05) is 12.4 Å². The molecule has 2 aromatic carbocycles. The molecule has 136 valence electrons. The first-order valence-electron chi connectivity index (χ1n) is 8.39. The van der Waals surface area contributed by atoms with Crippen molar-refractivity contribution in [3.63, 3.8) is 0 Å². The lowest BCUT2D eigenvalue weighted by atomic mass is 10.2. The van der Waals surface area contributed by atoms with Crippen LogP contribution in [-0.2, 0) is 13.1 Å². The normalized spacial score (nSPS) is 10.9. The smallest absolute Gasteiger partial charge is 0.184 e. The quantitative estimate of drug-likeness (QED) is 0.567. The highest BCUT2D eigenvalue weighted by molar-refractivity contribution is 5.81. The summed E-state index contributed by atoms with van der Waals surface area (Å²) >= 11 is 0. The van der Waals surface area contributed by atoms with Gasteiger partial charge in [-0.15, -0.1) is 5.10 Å². The number of nitrogens with one attached hydrogen (secondary N) is 1. The van der Waals surface area contributed by atoms with E-state index >= 15 is 0 Å². The van der Waals surface area contributed by atoms with Gasteiger partial charge in [0.05, 0.1) is 13.7 Å². The standard InChI is InChI=1S/C19H17FN6O/c1-27-16-9-5-3-6-13(16)10-21-18-17-19(23-12-22-18)26(25-24-17)11-14-7-2-4-8-15(14)20/h2-9,12H,10-11H2,1H3,(H,21,22,23). The monoisotopic (exact) mass is 364 g/mol. The molecule has 0 aliphatic carbocycles. The first-order valence-corrected chi connectivity index (χ1v) is 8.39. The minimum atomic E-state index is -0.287. The highest BCUT2D eigenvalue weighted by atomic mass is 19.1. The van der Waals surface area contributed by atoms with E-state index < -0.39 is 0 Å². The molecule has 27 heavy (non-hydrogen) atoms. The van der Waals surface area contributed by atoms with Gasteiger partial charge in [0, 0.05) is 17.7 Å². The highest BCUT2D eigenvalue weighted by Gasteiger charge is 2.13. The molecule has 2 heterocycles. The molecule has 0 fully saturated rings. The molecule has 0 atom stereocenters. The maximum atomic E-state index is 13.9. The molecule has 0 saturated carbocycles. The summed E-state index contributed by atoms with van der Waals surface area (Å²) in [5, 5.41) is 11.5. The minimum absolute atomic E-state index is 0.242. The number of fused-ring (bicyclic) bond motifs is 1. The molecule has 8 heteroatoms. The van der Waals surface area contributed by atoms with Crippen molar-refractivity contribution in [3.8, 4) is 5.75 Å². The number of hydrogen-bond donors (Lipinski definition) is 1. The Morgan fingerprint density at radius 3 is 2.63 bits per heavy atom. The van der Waals surface area contributed by atoms with Crippen LogP contribution in [-0.4, -0.2) is 32.1 Å². The van der Waals surface area contributed by atoms with Crippen LogP contribution in [0.2, 0.25) is 0 Å². The average Bonchev–Trinajstić information content (AvgIpc) is 3.12. The van der Waals surface area contributed by atoms with Crippen LogP contribution in [0.25, 0.3) is 11.2 Å². The molecule has 0 radical (unpaired) electrons. The summed E-state index contributed by atoms with van der Waals surface area (Å²) in [6.07, 6.45) is 1.44. The maximum Gasteiger partial charge on any atom is 0.184 e. The summed E-state index contributed by atoms with van der Waals surface area (Å²) in [4.78, 5) is 8.52. The predicted octanol–water partition coefficient (Wildman–Crippen LogP) is 3.03. The van der Waals surface area contributed by atoms with Crippen LogP contribution in [0.15, 0.2) is 54.9 Å². The molecule has 0 bridgehead atoms. The van der Waals surface area contributed by atoms with Gasteiger partial charge in [-0.3, -0.25) is 0 Å². The highest BCUT2D eigenvalue weighted by Crippen LogP contribution is 2.21. The third kappa shape index (κ3) is 3.41. The van der Waals surface area contributed by atoms with Crippen molar-refractivity contribution in [3.05, 3.63) is 71.8 Å². The Morgan fingerprint density at radius 2 is 1.81 bits per heavy atom. The van der Waals surface area contributed by atoms with Crippen LogP contribution >= 0.6 is 0 Å². The zero-order valence-electron chi connectivity index (χ0n) is 14.6. The fraction of sp³-hybridized carbons (Fsp3) is 0.158. The van der Waals surface area contributed by atoms with E-state index in [2.05, 4.69) is 25.6 Å². The van der Waals surface area contributed by atoms with Gasteiger partial charge in [0.15, 0.2) is 17.0 Å². The molecule has 0 aliphatic rings. The second kappa shape index (κ2) is 7.36. The fourth-order valence-electron chi connectivity index (χ4n) is 2.84. The number of rotatable bonds is 6. The van der Waals surface area contributed by atoms with Crippen molar-refractivity contribution < 1.29 is 9.13 Å². The molecular formula is C19H17FN6O. The SMILES string of the molecule is COc1ccccc1CNc1ncnc2c1nnn2Cc1ccccc1F. The van der Waals surface area contributed by atoms with Crippen molar-refractivity contribution >= 4 is 17.0 Å². The number of methoxy groups -OCH3 is 1. The topological polar surface area (TPSA) is 77.8 Å². The van der Waals surface area contributed by atoms with E-state index in [0.717, 1.165) is 11.3 Å². The van der Waals surface area contributed by atoms with Gasteiger partial charge in [-0.25, -0.2) is 19.0 Å². The Labute approximate surface area is 154 Å². The van der Waals surface area contributed by atoms with E-state index in [1.54, 1.807) is 30.0 Å². The summed E-state index contributed by atoms with van der Waals surface area (Å²) in [5.41, 5.74) is 2.58. The molecule has 2 aromatic heterocycles. The van der Waals surface area contributed by atoms with Crippen LogP contribution < -0.4 is 10.1 Å². The number of halogens is 1. The summed E-state index contributed by atoms with van der Waals surface area (Å²) in [7, 11) is 1.63. The molecule has 7 nitrogen and oxygen atoms in total. The molecular weight excluding hydrogens is 347 g/mol. The first-order chi connectivity index (χ1) is 13.3. The van der Waals surface area contributed by atoms with Crippen molar-refractivity contribution in [1.29, 1.82) is 0 Å². The van der Waals surface area contributed by atoms with Crippen molar-refractivity contribution in [2.24, 2.45) is 0 Å². The van der Waals surface area contributed by atoms with E-state index in [1.165, 1.54) is 12.4 Å². The molecule has 4 rings (SSSR count). The Balaban J connectivity index is 1.60. The second-order valence-electron chi connectivity index (χ2n) is 5.90. The molecule has 0 aliphatic heterocycles. The third-order valence-electron chi connectivity index (χ3n) is 4.22. The Morgan fingerprint density at radius 1 is 1.04 bits per heavy atom. The lowest BCUT2D eigenvalue weighted by molar-refractivity contribution is 0.410. The zero-order valence-corrected chi connectivity index (χ0v) is 14.6. The van der Waals surface area contributed by atoms with Gasteiger partial charge in [-0.05, 0) is 12.1 Å². The Hall–Kier alpha value is -3.55. The lowest BCUT2D eigenvalue weighted by Gasteiger charge is -2.10. The molecule has 0 spiro atoms. The number of aromatic nitrogens is 5. The van der Waals surface area contributed by atoms with Gasteiger partial charge in [0.2, 0.25) is 0 Å². The summed E-state index contributed by atoms with van der Waals surface area (Å²) < 4.78 is 20.8. The summed E-state index contributed by atoms with van der Waals surface area (Å²) in [6, 6.07) is 14.3. The Bertz CT molecular complexity index is 1080. The van der Waals surface area contributed by atoms with Gasteiger partial charge in [0.25, 0.3) is 0 Å². The van der Waals surface area contributed by atoms with Gasteiger partial charge in [-0.1, -0.05) is 41.6 Å². The molecule has 0 unspecified atom stereocenters. The third-order valence-corrected chi connectivity index (χ3v) is 4.22. The second-order valence-corrected chi connectivity index (χ2v) is 5.90. The molecule has 4 aromatic rings. The number of ether oxygens (including phenoxy) is 1. The van der Waals surface area contributed by atoms with Crippen molar-refractivity contribution in [1.82, 2.24) is 25.0 Å².